The van der Waals surface area contributed by atoms with E-state index in [0.717, 1.165) is 11.5 Å². The molecule has 3 heteroatoms. The third kappa shape index (κ3) is 2.41. The van der Waals surface area contributed by atoms with Gasteiger partial charge in [-0.25, -0.2) is 0 Å². The van der Waals surface area contributed by atoms with Gasteiger partial charge in [0.05, 0.1) is 0 Å². The van der Waals surface area contributed by atoms with Crippen LogP contribution >= 0.6 is 0 Å². The first kappa shape index (κ1) is 15.1. The molecule has 0 N–H and O–H groups in total. The van der Waals surface area contributed by atoms with Gasteiger partial charge in [-0.15, -0.1) is 0 Å². The van der Waals surface area contributed by atoms with Crippen LogP contribution in [0, 0.1) is 0 Å². The van der Waals surface area contributed by atoms with E-state index in [1.165, 1.54) is 0 Å². The van der Waals surface area contributed by atoms with Crippen LogP contribution < -0.4 is 5.19 Å². The fraction of sp³-hybridized carbons (Fsp3) is 0.533. The Morgan fingerprint density at radius 1 is 0.944 bits per heavy atom. The summed E-state index contributed by atoms with van der Waals surface area (Å²) in [7, 11) is -3.18. The van der Waals surface area contributed by atoms with Crippen molar-refractivity contribution in [2.24, 2.45) is 0 Å². The van der Waals surface area contributed by atoms with Crippen molar-refractivity contribution in [3.8, 4) is 0 Å². The minimum absolute atomic E-state index is 0.381. The van der Waals surface area contributed by atoms with Gasteiger partial charge >= 0.3 is 0 Å². The van der Waals surface area contributed by atoms with Gasteiger partial charge < -0.3 is 4.11 Å². The van der Waals surface area contributed by atoms with Gasteiger partial charge in [-0.3, -0.25) is 4.79 Å². The Morgan fingerprint density at radius 3 is 1.61 bits per heavy atom. The van der Waals surface area contributed by atoms with Crippen LogP contribution in [0.2, 0.25) is 10.1 Å². The fourth-order valence-corrected chi connectivity index (χ4v) is 7.39. The number of benzene rings is 1. The molecule has 1 aromatic carbocycles. The van der Waals surface area contributed by atoms with Crippen LogP contribution in [0.1, 0.15) is 51.9 Å². The highest BCUT2D eigenvalue weighted by atomic mass is 28.4. The van der Waals surface area contributed by atoms with Gasteiger partial charge in [0, 0.05) is 5.56 Å². The number of hydrogen-bond donors (Lipinski definition) is 0. The van der Waals surface area contributed by atoms with Crippen LogP contribution in [0.15, 0.2) is 24.3 Å². The van der Waals surface area contributed by atoms with Crippen molar-refractivity contribution in [1.82, 2.24) is 0 Å². The molecule has 0 amide bonds. The molecule has 1 aromatic rings. The maximum absolute atomic E-state index is 15.8. The normalized spacial score (nSPS) is 13.5. The SMILES string of the molecule is CC(C)(C)[Si](F)(c1ccc(C=O)cc1)C(C)(C)C. The Bertz CT molecular complexity index is 409. The van der Waals surface area contributed by atoms with Gasteiger partial charge in [-0.2, -0.15) is 0 Å². The van der Waals surface area contributed by atoms with Gasteiger partial charge in [-0.05, 0) is 15.3 Å². The first-order chi connectivity index (χ1) is 8.04. The zero-order valence-corrected chi connectivity index (χ0v) is 13.2. The monoisotopic (exact) mass is 266 g/mol. The number of carbonyl (C=O) groups excluding carboxylic acids is 1. The van der Waals surface area contributed by atoms with Crippen molar-refractivity contribution < 1.29 is 8.90 Å². The summed E-state index contributed by atoms with van der Waals surface area (Å²) >= 11 is 0. The van der Waals surface area contributed by atoms with Crippen LogP contribution in [-0.4, -0.2) is 14.7 Å². The number of aldehydes is 1. The predicted molar refractivity (Wildman–Crippen MR) is 77.8 cm³/mol. The summed E-state index contributed by atoms with van der Waals surface area (Å²) in [5.41, 5.74) is 0.595. The summed E-state index contributed by atoms with van der Waals surface area (Å²) < 4.78 is 15.8. The lowest BCUT2D eigenvalue weighted by atomic mass is 10.2. The van der Waals surface area contributed by atoms with E-state index >= 15 is 4.11 Å². The van der Waals surface area contributed by atoms with Crippen LogP contribution in [0.3, 0.4) is 0 Å². The van der Waals surface area contributed by atoms with Gasteiger partial charge in [0.25, 0.3) is 8.41 Å². The summed E-state index contributed by atoms with van der Waals surface area (Å²) in [6.45, 7) is 11.8. The highest BCUT2D eigenvalue weighted by molar-refractivity contribution is 6.90. The van der Waals surface area contributed by atoms with Crippen LogP contribution in [0.25, 0.3) is 0 Å². The average molecular weight is 266 g/mol. The number of carbonyl (C=O) groups is 1. The molecule has 0 aliphatic carbocycles. The lowest BCUT2D eigenvalue weighted by molar-refractivity contribution is 0.112. The molecular weight excluding hydrogens is 243 g/mol. The van der Waals surface area contributed by atoms with Crippen molar-refractivity contribution in [2.75, 3.05) is 0 Å². The smallest absolute Gasteiger partial charge is 0.288 e. The van der Waals surface area contributed by atoms with E-state index in [-0.39, 0.29) is 10.1 Å². The Kier molecular flexibility index (Phi) is 3.87. The second-order valence-electron chi connectivity index (χ2n) is 6.90. The lowest BCUT2D eigenvalue weighted by Crippen LogP contribution is -2.57. The first-order valence-corrected chi connectivity index (χ1v) is 8.16. The van der Waals surface area contributed by atoms with Gasteiger partial charge in [-0.1, -0.05) is 65.8 Å². The van der Waals surface area contributed by atoms with Crippen molar-refractivity contribution in [2.45, 2.75) is 51.6 Å². The molecule has 0 saturated carbocycles. The second-order valence-corrected chi connectivity index (χ2v) is 11.8. The van der Waals surface area contributed by atoms with Crippen molar-refractivity contribution in [3.05, 3.63) is 29.8 Å². The zero-order valence-electron chi connectivity index (χ0n) is 12.2. The Hall–Kier alpha value is -0.963. The topological polar surface area (TPSA) is 17.1 Å². The molecule has 0 fully saturated rings. The Labute approximate surface area is 111 Å². The third-order valence-corrected chi connectivity index (χ3v) is 8.77. The van der Waals surface area contributed by atoms with E-state index in [2.05, 4.69) is 0 Å². The molecular formula is C15H23FOSi. The molecule has 18 heavy (non-hydrogen) atoms. The molecule has 0 saturated heterocycles. The molecule has 0 spiro atoms. The van der Waals surface area contributed by atoms with E-state index < -0.39 is 8.41 Å². The van der Waals surface area contributed by atoms with E-state index in [0.29, 0.717) is 5.56 Å². The number of halogens is 1. The minimum atomic E-state index is -3.18. The summed E-state index contributed by atoms with van der Waals surface area (Å²) in [5, 5.41) is 0.00938. The molecule has 0 aliphatic heterocycles. The number of hydrogen-bond acceptors (Lipinski definition) is 1. The largest absolute Gasteiger partial charge is 0.307 e. The van der Waals surface area contributed by atoms with Crippen molar-refractivity contribution >= 4 is 19.9 Å². The molecule has 0 radical (unpaired) electrons. The van der Waals surface area contributed by atoms with Crippen molar-refractivity contribution in [1.29, 1.82) is 0 Å². The van der Waals surface area contributed by atoms with E-state index in [9.17, 15) is 4.79 Å². The molecule has 1 nitrogen and oxygen atoms in total. The second kappa shape index (κ2) is 4.61. The minimum Gasteiger partial charge on any atom is -0.307 e. The van der Waals surface area contributed by atoms with Crippen LogP contribution in [0.4, 0.5) is 4.11 Å². The molecule has 0 aromatic heterocycles. The van der Waals surface area contributed by atoms with Gasteiger partial charge in [0.15, 0.2) is 0 Å². The number of rotatable bonds is 2. The maximum atomic E-state index is 15.8. The maximum Gasteiger partial charge on any atom is 0.288 e. The highest BCUT2D eigenvalue weighted by Crippen LogP contribution is 2.51. The predicted octanol–water partition coefficient (Wildman–Crippen LogP) is 4.22. The molecule has 0 bridgehead atoms. The molecule has 0 atom stereocenters. The third-order valence-electron chi connectivity index (χ3n) is 3.51. The van der Waals surface area contributed by atoms with E-state index in [1.807, 2.05) is 41.5 Å². The zero-order chi connectivity index (χ0) is 14.2. The standard InChI is InChI=1S/C15H23FOSi/c1-14(2,3)18(16,15(4,5)6)13-9-7-12(11-17)8-10-13/h7-11H,1-6H3. The van der Waals surface area contributed by atoms with Crippen LogP contribution in [0.5, 0.6) is 0 Å². The molecule has 0 heterocycles. The van der Waals surface area contributed by atoms with Gasteiger partial charge in [0.1, 0.15) is 6.29 Å². The van der Waals surface area contributed by atoms with E-state index in [4.69, 9.17) is 0 Å². The highest BCUT2D eigenvalue weighted by Gasteiger charge is 2.56. The average Bonchev–Trinajstić information content (AvgIpc) is 2.25. The Balaban J connectivity index is 3.40. The lowest BCUT2D eigenvalue weighted by Gasteiger charge is -2.44. The molecule has 100 valence electrons. The quantitative estimate of drug-likeness (QED) is 0.445. The summed E-state index contributed by atoms with van der Waals surface area (Å²) in [4.78, 5) is 10.7. The molecule has 0 aliphatic rings. The summed E-state index contributed by atoms with van der Waals surface area (Å²) in [6.07, 6.45) is 0.791. The Morgan fingerprint density at radius 2 is 1.33 bits per heavy atom. The van der Waals surface area contributed by atoms with Crippen molar-refractivity contribution in [3.63, 3.8) is 0 Å². The summed E-state index contributed by atoms with van der Waals surface area (Å²) in [5.74, 6) is 0. The summed E-state index contributed by atoms with van der Waals surface area (Å²) in [6, 6.07) is 6.99. The first-order valence-electron chi connectivity index (χ1n) is 6.28. The molecule has 1 rings (SSSR count). The molecule has 0 unspecified atom stereocenters. The van der Waals surface area contributed by atoms with Gasteiger partial charge in [0.2, 0.25) is 0 Å². The van der Waals surface area contributed by atoms with E-state index in [1.54, 1.807) is 24.3 Å². The fourth-order valence-electron chi connectivity index (χ4n) is 2.78. The van der Waals surface area contributed by atoms with Crippen LogP contribution in [-0.2, 0) is 0 Å².